The maximum atomic E-state index is 5.81. The summed E-state index contributed by atoms with van der Waals surface area (Å²) in [6.45, 7) is 6.13. The fraction of sp³-hybridized carbons (Fsp3) is 0.375. The van der Waals surface area contributed by atoms with E-state index in [2.05, 4.69) is 24.6 Å². The van der Waals surface area contributed by atoms with Crippen molar-refractivity contribution in [2.45, 2.75) is 25.9 Å². The van der Waals surface area contributed by atoms with Gasteiger partial charge >= 0.3 is 0 Å². The number of nitrogens with two attached hydrogens (primary N) is 1. The topological polar surface area (TPSA) is 42.4 Å². The summed E-state index contributed by atoms with van der Waals surface area (Å²) < 4.78 is 5.81. The Morgan fingerprint density at radius 1 is 1.37 bits per heavy atom. The highest BCUT2D eigenvalue weighted by atomic mass is 16.3. The quantitative estimate of drug-likeness (QED) is 0.612. The van der Waals surface area contributed by atoms with E-state index in [-0.39, 0.29) is 0 Å². The first kappa shape index (κ1) is 13.8. The Balaban J connectivity index is 2.16. The van der Waals surface area contributed by atoms with Crippen molar-refractivity contribution in [3.8, 4) is 0 Å². The lowest BCUT2D eigenvalue weighted by molar-refractivity contribution is 0.320. The Morgan fingerprint density at radius 2 is 2.16 bits per heavy atom. The molecule has 0 bridgehead atoms. The SMILES string of the molecule is C=CCCCN(C)Cc1c(CN)oc2ccccc12. The van der Waals surface area contributed by atoms with Crippen LogP contribution < -0.4 is 5.73 Å². The summed E-state index contributed by atoms with van der Waals surface area (Å²) >= 11 is 0. The zero-order valence-corrected chi connectivity index (χ0v) is 11.6. The van der Waals surface area contributed by atoms with Crippen LogP contribution in [0.15, 0.2) is 41.3 Å². The van der Waals surface area contributed by atoms with Crippen molar-refractivity contribution in [1.29, 1.82) is 0 Å². The maximum absolute atomic E-state index is 5.81. The third-order valence-corrected chi connectivity index (χ3v) is 3.34. The zero-order valence-electron chi connectivity index (χ0n) is 11.6. The molecule has 0 fully saturated rings. The lowest BCUT2D eigenvalue weighted by Crippen LogP contribution is -2.19. The first-order valence-corrected chi connectivity index (χ1v) is 6.75. The maximum Gasteiger partial charge on any atom is 0.134 e. The number of furan rings is 1. The number of hydrogen-bond acceptors (Lipinski definition) is 3. The van der Waals surface area contributed by atoms with Gasteiger partial charge in [-0.3, -0.25) is 0 Å². The summed E-state index contributed by atoms with van der Waals surface area (Å²) in [5.74, 6) is 0.900. The number of fused-ring (bicyclic) bond motifs is 1. The molecule has 1 heterocycles. The monoisotopic (exact) mass is 258 g/mol. The lowest BCUT2D eigenvalue weighted by Gasteiger charge is -2.16. The van der Waals surface area contributed by atoms with Crippen molar-refractivity contribution >= 4 is 11.0 Å². The third kappa shape index (κ3) is 3.25. The lowest BCUT2D eigenvalue weighted by atomic mass is 10.1. The van der Waals surface area contributed by atoms with E-state index in [1.807, 2.05) is 24.3 Å². The van der Waals surface area contributed by atoms with Gasteiger partial charge in [0.1, 0.15) is 11.3 Å². The van der Waals surface area contributed by atoms with Crippen LogP contribution in [0.3, 0.4) is 0 Å². The Labute approximate surface area is 114 Å². The van der Waals surface area contributed by atoms with Gasteiger partial charge in [0.05, 0.1) is 6.54 Å². The van der Waals surface area contributed by atoms with E-state index < -0.39 is 0 Å². The largest absolute Gasteiger partial charge is 0.459 e. The van der Waals surface area contributed by atoms with E-state index in [4.69, 9.17) is 10.2 Å². The Morgan fingerprint density at radius 3 is 2.89 bits per heavy atom. The average molecular weight is 258 g/mol. The van der Waals surface area contributed by atoms with Gasteiger partial charge in [-0.2, -0.15) is 0 Å². The summed E-state index contributed by atoms with van der Waals surface area (Å²) in [5.41, 5.74) is 7.94. The van der Waals surface area contributed by atoms with Crippen LogP contribution in [-0.2, 0) is 13.1 Å². The number of para-hydroxylation sites is 1. The summed E-state index contributed by atoms with van der Waals surface area (Å²) in [4.78, 5) is 2.31. The molecule has 3 heteroatoms. The molecule has 0 amide bonds. The first-order valence-electron chi connectivity index (χ1n) is 6.75. The van der Waals surface area contributed by atoms with Gasteiger partial charge in [0.2, 0.25) is 0 Å². The minimum absolute atomic E-state index is 0.449. The van der Waals surface area contributed by atoms with Crippen LogP contribution >= 0.6 is 0 Å². The van der Waals surface area contributed by atoms with Crippen LogP contribution in [0.25, 0.3) is 11.0 Å². The normalized spacial score (nSPS) is 11.3. The van der Waals surface area contributed by atoms with Gasteiger partial charge in [0.25, 0.3) is 0 Å². The summed E-state index contributed by atoms with van der Waals surface area (Å²) in [6.07, 6.45) is 4.15. The molecule has 2 aromatic rings. The van der Waals surface area contributed by atoms with E-state index in [0.717, 1.165) is 37.3 Å². The van der Waals surface area contributed by atoms with Crippen molar-refractivity contribution in [2.75, 3.05) is 13.6 Å². The van der Waals surface area contributed by atoms with E-state index in [1.54, 1.807) is 0 Å². The predicted molar refractivity (Wildman–Crippen MR) is 79.9 cm³/mol. The number of nitrogens with zero attached hydrogens (tertiary/aromatic N) is 1. The van der Waals surface area contributed by atoms with Gasteiger partial charge in [-0.25, -0.2) is 0 Å². The zero-order chi connectivity index (χ0) is 13.7. The highest BCUT2D eigenvalue weighted by Gasteiger charge is 2.13. The summed E-state index contributed by atoms with van der Waals surface area (Å²) in [6, 6.07) is 8.13. The fourth-order valence-corrected chi connectivity index (χ4v) is 2.34. The minimum atomic E-state index is 0.449. The molecule has 2 N–H and O–H groups in total. The molecule has 0 aliphatic carbocycles. The smallest absolute Gasteiger partial charge is 0.134 e. The summed E-state index contributed by atoms with van der Waals surface area (Å²) in [7, 11) is 2.13. The van der Waals surface area contributed by atoms with Crippen LogP contribution in [0.5, 0.6) is 0 Å². The van der Waals surface area contributed by atoms with Gasteiger partial charge in [0.15, 0.2) is 0 Å². The van der Waals surface area contributed by atoms with Crippen LogP contribution in [0, 0.1) is 0 Å². The van der Waals surface area contributed by atoms with Crippen molar-refractivity contribution in [3.05, 3.63) is 48.2 Å². The molecule has 2 rings (SSSR count). The standard InChI is InChI=1S/C16H22N2O/c1-3-4-7-10-18(2)12-14-13-8-5-6-9-15(13)19-16(14)11-17/h3,5-6,8-9H,1,4,7,10-12,17H2,2H3. The Hall–Kier alpha value is -1.58. The number of hydrogen-bond donors (Lipinski definition) is 1. The van der Waals surface area contributed by atoms with E-state index in [0.29, 0.717) is 6.54 Å². The number of allylic oxidation sites excluding steroid dienone is 1. The van der Waals surface area contributed by atoms with E-state index >= 15 is 0 Å². The molecule has 0 aliphatic rings. The number of unbranched alkanes of at least 4 members (excludes halogenated alkanes) is 1. The molecule has 0 saturated carbocycles. The predicted octanol–water partition coefficient (Wildman–Crippen LogP) is 3.29. The van der Waals surface area contributed by atoms with Crippen LogP contribution in [0.4, 0.5) is 0 Å². The van der Waals surface area contributed by atoms with Crippen LogP contribution in [-0.4, -0.2) is 18.5 Å². The van der Waals surface area contributed by atoms with E-state index in [9.17, 15) is 0 Å². The molecule has 102 valence electrons. The van der Waals surface area contributed by atoms with Crippen LogP contribution in [0.1, 0.15) is 24.2 Å². The average Bonchev–Trinajstić information content (AvgIpc) is 2.77. The summed E-state index contributed by atoms with van der Waals surface area (Å²) in [5, 5.41) is 1.18. The molecule has 3 nitrogen and oxygen atoms in total. The molecule has 0 saturated heterocycles. The minimum Gasteiger partial charge on any atom is -0.459 e. The number of benzene rings is 1. The Bertz CT molecular complexity index is 545. The van der Waals surface area contributed by atoms with Gasteiger partial charge < -0.3 is 15.1 Å². The second-order valence-electron chi connectivity index (χ2n) is 4.87. The molecule has 1 aromatic heterocycles. The molecule has 0 spiro atoms. The molecular formula is C16H22N2O. The number of rotatable bonds is 7. The van der Waals surface area contributed by atoms with Crippen molar-refractivity contribution < 1.29 is 4.42 Å². The second-order valence-corrected chi connectivity index (χ2v) is 4.87. The van der Waals surface area contributed by atoms with Gasteiger partial charge in [-0.05, 0) is 32.5 Å². The molecule has 0 aliphatic heterocycles. The van der Waals surface area contributed by atoms with Gasteiger partial charge in [-0.1, -0.05) is 24.3 Å². The van der Waals surface area contributed by atoms with Crippen molar-refractivity contribution in [3.63, 3.8) is 0 Å². The Kier molecular flexibility index (Phi) is 4.77. The molecule has 0 radical (unpaired) electrons. The molecular weight excluding hydrogens is 236 g/mol. The first-order chi connectivity index (χ1) is 9.26. The van der Waals surface area contributed by atoms with E-state index in [1.165, 1.54) is 10.9 Å². The van der Waals surface area contributed by atoms with Crippen LogP contribution in [0.2, 0.25) is 0 Å². The van der Waals surface area contributed by atoms with Gasteiger partial charge in [0, 0.05) is 17.5 Å². The fourth-order valence-electron chi connectivity index (χ4n) is 2.34. The van der Waals surface area contributed by atoms with Crippen molar-refractivity contribution in [1.82, 2.24) is 4.90 Å². The third-order valence-electron chi connectivity index (χ3n) is 3.34. The molecule has 0 atom stereocenters. The highest BCUT2D eigenvalue weighted by Crippen LogP contribution is 2.26. The second kappa shape index (κ2) is 6.55. The molecule has 0 unspecified atom stereocenters. The van der Waals surface area contributed by atoms with Crippen molar-refractivity contribution in [2.24, 2.45) is 5.73 Å². The molecule has 1 aromatic carbocycles. The van der Waals surface area contributed by atoms with Gasteiger partial charge in [-0.15, -0.1) is 6.58 Å². The molecule has 19 heavy (non-hydrogen) atoms. The highest BCUT2D eigenvalue weighted by molar-refractivity contribution is 5.82.